The van der Waals surface area contributed by atoms with Gasteiger partial charge in [-0.1, -0.05) is 0 Å². The van der Waals surface area contributed by atoms with E-state index in [0.29, 0.717) is 25.5 Å². The summed E-state index contributed by atoms with van der Waals surface area (Å²) in [5.74, 6) is 0. The highest BCUT2D eigenvalue weighted by molar-refractivity contribution is 5.03. The van der Waals surface area contributed by atoms with Gasteiger partial charge in [-0.15, -0.1) is 0 Å². The molecule has 0 aromatic carbocycles. The van der Waals surface area contributed by atoms with E-state index in [1.54, 1.807) is 12.3 Å². The molecular weight excluding hydrogens is 184 g/mol. The van der Waals surface area contributed by atoms with E-state index >= 15 is 0 Å². The van der Waals surface area contributed by atoms with Crippen molar-refractivity contribution in [2.24, 2.45) is 0 Å². The third kappa shape index (κ3) is 3.68. The maximum Gasteiger partial charge on any atom is 0.316 e. The summed E-state index contributed by atoms with van der Waals surface area (Å²) in [7, 11) is 0. The van der Waals surface area contributed by atoms with Crippen LogP contribution in [-0.4, -0.2) is 34.9 Å². The topological polar surface area (TPSA) is 64.5 Å². The molecule has 5 heteroatoms. The fraction of sp³-hybridized carbons (Fsp3) is 0.556. The number of aromatic nitrogens is 2. The number of aliphatic hydroxyl groups excluding tert-OH is 1. The molecule has 1 aromatic rings. The van der Waals surface area contributed by atoms with Crippen molar-refractivity contribution < 1.29 is 14.6 Å². The Hall–Kier alpha value is -1.20. The Labute approximate surface area is 82.7 Å². The van der Waals surface area contributed by atoms with Crippen LogP contribution >= 0.6 is 0 Å². The molecule has 0 saturated carbocycles. The molecule has 0 amide bonds. The van der Waals surface area contributed by atoms with Crippen LogP contribution in [0.2, 0.25) is 0 Å². The summed E-state index contributed by atoms with van der Waals surface area (Å²) in [5.41, 5.74) is 0.548. The quantitative estimate of drug-likeness (QED) is 0.669. The van der Waals surface area contributed by atoms with Gasteiger partial charge in [-0.3, -0.25) is 0 Å². The molecule has 0 atom stereocenters. The van der Waals surface area contributed by atoms with Crippen molar-refractivity contribution >= 4 is 0 Å². The number of nitrogens with zero attached hydrogens (tertiary/aromatic N) is 2. The van der Waals surface area contributed by atoms with Crippen LogP contribution in [0.1, 0.15) is 12.6 Å². The molecule has 0 bridgehead atoms. The third-order valence-corrected chi connectivity index (χ3v) is 1.52. The first-order chi connectivity index (χ1) is 6.86. The van der Waals surface area contributed by atoms with Crippen LogP contribution in [-0.2, 0) is 11.3 Å². The molecule has 0 aliphatic rings. The maximum atomic E-state index is 8.80. The van der Waals surface area contributed by atoms with E-state index < -0.39 is 0 Å². The van der Waals surface area contributed by atoms with Crippen LogP contribution in [0.5, 0.6) is 6.01 Å². The van der Waals surface area contributed by atoms with Gasteiger partial charge in [-0.2, -0.15) is 4.98 Å². The second kappa shape index (κ2) is 6.28. The van der Waals surface area contributed by atoms with Gasteiger partial charge in [0.1, 0.15) is 6.61 Å². The molecule has 5 nitrogen and oxygen atoms in total. The van der Waals surface area contributed by atoms with Crippen LogP contribution < -0.4 is 4.74 Å². The van der Waals surface area contributed by atoms with E-state index in [4.69, 9.17) is 14.6 Å². The van der Waals surface area contributed by atoms with Crippen molar-refractivity contribution in [2.75, 3.05) is 19.8 Å². The molecular formula is C9H14N2O3. The first-order valence-corrected chi connectivity index (χ1v) is 4.50. The highest BCUT2D eigenvalue weighted by Gasteiger charge is 1.98. The van der Waals surface area contributed by atoms with Crippen LogP contribution in [0.4, 0.5) is 0 Å². The zero-order valence-corrected chi connectivity index (χ0v) is 8.14. The van der Waals surface area contributed by atoms with Crippen molar-refractivity contribution in [3.63, 3.8) is 0 Å². The highest BCUT2D eigenvalue weighted by Crippen LogP contribution is 2.02. The minimum absolute atomic E-state index is 0.107. The maximum absolute atomic E-state index is 8.80. The zero-order chi connectivity index (χ0) is 10.2. The second-order valence-corrected chi connectivity index (χ2v) is 2.53. The lowest BCUT2D eigenvalue weighted by atomic mass is 10.4. The molecule has 0 unspecified atom stereocenters. The molecule has 14 heavy (non-hydrogen) atoms. The van der Waals surface area contributed by atoms with Crippen LogP contribution in [0.15, 0.2) is 12.3 Å². The normalized spacial score (nSPS) is 10.1. The summed E-state index contributed by atoms with van der Waals surface area (Å²) in [4.78, 5) is 7.83. The van der Waals surface area contributed by atoms with E-state index in [2.05, 4.69) is 9.97 Å². The minimum Gasteiger partial charge on any atom is -0.461 e. The van der Waals surface area contributed by atoms with Gasteiger partial charge in [0, 0.05) is 12.8 Å². The average molecular weight is 198 g/mol. The lowest BCUT2D eigenvalue weighted by Gasteiger charge is -2.04. The van der Waals surface area contributed by atoms with Crippen molar-refractivity contribution in [1.29, 1.82) is 0 Å². The lowest BCUT2D eigenvalue weighted by Crippen LogP contribution is -2.08. The molecule has 1 aromatic heterocycles. The molecule has 0 fully saturated rings. The molecule has 0 saturated heterocycles. The van der Waals surface area contributed by atoms with E-state index in [0.717, 1.165) is 0 Å². The fourth-order valence-corrected chi connectivity index (χ4v) is 0.870. The number of aliphatic hydroxyl groups is 1. The summed E-state index contributed by atoms with van der Waals surface area (Å²) in [6.45, 7) is 3.42. The van der Waals surface area contributed by atoms with Crippen LogP contribution in [0.3, 0.4) is 0 Å². The molecule has 1 rings (SSSR count). The van der Waals surface area contributed by atoms with Gasteiger partial charge in [0.15, 0.2) is 0 Å². The molecule has 0 spiro atoms. The molecule has 0 aliphatic carbocycles. The van der Waals surface area contributed by atoms with Crippen molar-refractivity contribution in [1.82, 2.24) is 9.97 Å². The smallest absolute Gasteiger partial charge is 0.316 e. The third-order valence-electron chi connectivity index (χ3n) is 1.52. The first kappa shape index (κ1) is 10.9. The molecule has 0 radical (unpaired) electrons. The van der Waals surface area contributed by atoms with Crippen LogP contribution in [0, 0.1) is 0 Å². The Kier molecular flexibility index (Phi) is 4.88. The summed E-state index contributed by atoms with van der Waals surface area (Å²) in [6.07, 6.45) is 1.55. The number of ether oxygens (including phenoxy) is 2. The predicted molar refractivity (Wildman–Crippen MR) is 49.9 cm³/mol. The van der Waals surface area contributed by atoms with Crippen molar-refractivity contribution in [3.8, 4) is 6.01 Å². The number of hydrogen-bond donors (Lipinski definition) is 1. The minimum atomic E-state index is -0.107. The second-order valence-electron chi connectivity index (χ2n) is 2.53. The molecule has 1 N–H and O–H groups in total. The highest BCUT2D eigenvalue weighted by atomic mass is 16.5. The van der Waals surface area contributed by atoms with E-state index in [1.165, 1.54) is 0 Å². The van der Waals surface area contributed by atoms with Gasteiger partial charge < -0.3 is 14.6 Å². The van der Waals surface area contributed by atoms with Crippen molar-refractivity contribution in [2.45, 2.75) is 13.5 Å². The Bertz CT molecular complexity index is 268. The van der Waals surface area contributed by atoms with Crippen molar-refractivity contribution in [3.05, 3.63) is 18.0 Å². The fourth-order valence-electron chi connectivity index (χ4n) is 0.870. The monoisotopic (exact) mass is 198 g/mol. The Morgan fingerprint density at radius 1 is 1.43 bits per heavy atom. The molecule has 78 valence electrons. The van der Waals surface area contributed by atoms with Gasteiger partial charge in [-0.05, 0) is 13.0 Å². The Morgan fingerprint density at radius 2 is 2.29 bits per heavy atom. The summed E-state index contributed by atoms with van der Waals surface area (Å²) in [6, 6.07) is 1.91. The largest absolute Gasteiger partial charge is 0.461 e. The van der Waals surface area contributed by atoms with Gasteiger partial charge >= 0.3 is 6.01 Å². The summed E-state index contributed by atoms with van der Waals surface area (Å²) >= 11 is 0. The molecule has 1 heterocycles. The Morgan fingerprint density at radius 3 is 3.00 bits per heavy atom. The number of rotatable bonds is 6. The Balaban J connectivity index is 2.34. The van der Waals surface area contributed by atoms with E-state index in [9.17, 15) is 0 Å². The predicted octanol–water partition coefficient (Wildman–Crippen LogP) is 0.384. The molecule has 0 aliphatic heterocycles. The average Bonchev–Trinajstić information content (AvgIpc) is 2.25. The standard InChI is InChI=1S/C9H14N2O3/c1-2-13-5-6-14-9-10-4-3-8(7-12)11-9/h3-4,12H,2,5-7H2,1H3. The van der Waals surface area contributed by atoms with E-state index in [-0.39, 0.29) is 12.6 Å². The zero-order valence-electron chi connectivity index (χ0n) is 8.14. The van der Waals surface area contributed by atoms with Gasteiger partial charge in [0.2, 0.25) is 0 Å². The lowest BCUT2D eigenvalue weighted by molar-refractivity contribution is 0.106. The summed E-state index contributed by atoms with van der Waals surface area (Å²) < 4.78 is 10.3. The first-order valence-electron chi connectivity index (χ1n) is 4.50. The van der Waals surface area contributed by atoms with Gasteiger partial charge in [0.05, 0.1) is 18.9 Å². The van der Waals surface area contributed by atoms with E-state index in [1.807, 2.05) is 6.92 Å². The van der Waals surface area contributed by atoms with Gasteiger partial charge in [0.25, 0.3) is 0 Å². The van der Waals surface area contributed by atoms with Crippen LogP contribution in [0.25, 0.3) is 0 Å². The van der Waals surface area contributed by atoms with Gasteiger partial charge in [-0.25, -0.2) is 4.98 Å². The summed E-state index contributed by atoms with van der Waals surface area (Å²) in [5, 5.41) is 8.80. The number of hydrogen-bond acceptors (Lipinski definition) is 5. The SMILES string of the molecule is CCOCCOc1nccc(CO)n1.